The Morgan fingerprint density at radius 3 is 2.52 bits per heavy atom. The van der Waals surface area contributed by atoms with Gasteiger partial charge >= 0.3 is 0 Å². The lowest BCUT2D eigenvalue weighted by molar-refractivity contribution is 0.206. The fourth-order valence-electron chi connectivity index (χ4n) is 2.32. The van der Waals surface area contributed by atoms with Crippen LogP contribution in [0.4, 0.5) is 0 Å². The number of benzene rings is 2. The Morgan fingerprint density at radius 1 is 1.14 bits per heavy atom. The summed E-state index contributed by atoms with van der Waals surface area (Å²) in [7, 11) is 1.96. The van der Waals surface area contributed by atoms with Crippen molar-refractivity contribution in [2.24, 2.45) is 0 Å². The van der Waals surface area contributed by atoms with Gasteiger partial charge in [0.25, 0.3) is 0 Å². The molecule has 0 spiro atoms. The molecule has 2 rings (SSSR count). The van der Waals surface area contributed by atoms with Gasteiger partial charge in [0.2, 0.25) is 0 Å². The summed E-state index contributed by atoms with van der Waals surface area (Å²) in [6, 6.07) is 15.6. The molecule has 112 valence electrons. The van der Waals surface area contributed by atoms with Crippen LogP contribution in [-0.2, 0) is 6.54 Å². The van der Waals surface area contributed by atoms with Gasteiger partial charge in [-0.25, -0.2) is 0 Å². The van der Waals surface area contributed by atoms with Gasteiger partial charge < -0.3 is 10.2 Å². The van der Waals surface area contributed by atoms with Crippen molar-refractivity contribution in [2.75, 3.05) is 20.2 Å². The summed E-state index contributed by atoms with van der Waals surface area (Å²) in [4.78, 5) is 2.03. The average molecular weight is 350 g/mol. The van der Waals surface area contributed by atoms with Crippen molar-refractivity contribution in [2.45, 2.75) is 12.6 Å². The Bertz CT molecular complexity index is 574. The number of hydrogen-bond donors (Lipinski definition) is 2. The van der Waals surface area contributed by atoms with Crippen LogP contribution in [0.15, 0.2) is 53.0 Å². The second-order valence-electron chi connectivity index (χ2n) is 5.12. The SMILES string of the molecule is CN(CCO)Cc1ccc(Br)cc1C(O)c1ccccc1. The number of aliphatic hydroxyl groups is 2. The van der Waals surface area contributed by atoms with Crippen molar-refractivity contribution >= 4 is 15.9 Å². The van der Waals surface area contributed by atoms with Gasteiger partial charge in [0.15, 0.2) is 0 Å². The summed E-state index contributed by atoms with van der Waals surface area (Å²) >= 11 is 3.47. The molecular weight excluding hydrogens is 330 g/mol. The topological polar surface area (TPSA) is 43.7 Å². The molecule has 0 amide bonds. The predicted octanol–water partition coefficient (Wildman–Crippen LogP) is 2.95. The maximum Gasteiger partial charge on any atom is 0.104 e. The van der Waals surface area contributed by atoms with Gasteiger partial charge in [-0.2, -0.15) is 0 Å². The van der Waals surface area contributed by atoms with Crippen LogP contribution in [0.25, 0.3) is 0 Å². The Balaban J connectivity index is 2.31. The standard InChI is InChI=1S/C17H20BrNO2/c1-19(9-10-20)12-14-7-8-15(18)11-16(14)17(21)13-5-3-2-4-6-13/h2-8,11,17,20-21H,9-10,12H2,1H3. The van der Waals surface area contributed by atoms with Crippen LogP contribution in [0.3, 0.4) is 0 Å². The first-order valence-electron chi connectivity index (χ1n) is 6.92. The van der Waals surface area contributed by atoms with Crippen LogP contribution in [0.2, 0.25) is 0 Å². The molecule has 0 fully saturated rings. The van der Waals surface area contributed by atoms with Gasteiger partial charge in [-0.3, -0.25) is 4.90 Å². The summed E-state index contributed by atoms with van der Waals surface area (Å²) < 4.78 is 0.945. The van der Waals surface area contributed by atoms with Crippen molar-refractivity contribution in [3.05, 3.63) is 69.7 Å². The van der Waals surface area contributed by atoms with Crippen molar-refractivity contribution in [3.8, 4) is 0 Å². The van der Waals surface area contributed by atoms with E-state index in [9.17, 15) is 5.11 Å². The molecule has 2 N–H and O–H groups in total. The predicted molar refractivity (Wildman–Crippen MR) is 88.1 cm³/mol. The van der Waals surface area contributed by atoms with Crippen LogP contribution in [0.5, 0.6) is 0 Å². The van der Waals surface area contributed by atoms with E-state index in [0.717, 1.165) is 21.2 Å². The first-order chi connectivity index (χ1) is 10.1. The number of likely N-dealkylation sites (N-methyl/N-ethyl adjacent to an activating group) is 1. The Labute approximate surface area is 134 Å². The largest absolute Gasteiger partial charge is 0.395 e. The van der Waals surface area contributed by atoms with Gasteiger partial charge in [0.1, 0.15) is 6.10 Å². The fourth-order valence-corrected chi connectivity index (χ4v) is 2.70. The van der Waals surface area contributed by atoms with Gasteiger partial charge in [-0.05, 0) is 35.9 Å². The van der Waals surface area contributed by atoms with E-state index in [1.807, 2.05) is 60.5 Å². The second-order valence-corrected chi connectivity index (χ2v) is 6.03. The summed E-state index contributed by atoms with van der Waals surface area (Å²) in [5, 5.41) is 19.7. The van der Waals surface area contributed by atoms with Crippen LogP contribution in [-0.4, -0.2) is 35.3 Å². The van der Waals surface area contributed by atoms with Crippen molar-refractivity contribution in [1.82, 2.24) is 4.90 Å². The normalized spacial score (nSPS) is 12.6. The van der Waals surface area contributed by atoms with E-state index in [0.29, 0.717) is 13.1 Å². The molecule has 0 heterocycles. The smallest absolute Gasteiger partial charge is 0.104 e. The molecule has 4 heteroatoms. The Kier molecular flexibility index (Phi) is 5.94. The monoisotopic (exact) mass is 349 g/mol. The molecule has 2 aromatic carbocycles. The molecule has 0 bridgehead atoms. The van der Waals surface area contributed by atoms with Crippen LogP contribution >= 0.6 is 15.9 Å². The molecular formula is C17H20BrNO2. The zero-order chi connectivity index (χ0) is 15.2. The minimum atomic E-state index is -0.652. The van der Waals surface area contributed by atoms with Crippen molar-refractivity contribution in [1.29, 1.82) is 0 Å². The first kappa shape index (κ1) is 16.2. The first-order valence-corrected chi connectivity index (χ1v) is 7.72. The van der Waals surface area contributed by atoms with Crippen molar-refractivity contribution in [3.63, 3.8) is 0 Å². The Morgan fingerprint density at radius 2 is 1.86 bits per heavy atom. The van der Waals surface area contributed by atoms with Gasteiger partial charge in [0.05, 0.1) is 6.61 Å². The molecule has 0 aliphatic heterocycles. The number of rotatable bonds is 6. The van der Waals surface area contributed by atoms with Crippen LogP contribution in [0.1, 0.15) is 22.8 Å². The highest BCUT2D eigenvalue weighted by Crippen LogP contribution is 2.28. The van der Waals surface area contributed by atoms with Crippen LogP contribution in [0, 0.1) is 0 Å². The van der Waals surface area contributed by atoms with E-state index in [1.54, 1.807) is 0 Å². The summed E-state index contributed by atoms with van der Waals surface area (Å²) in [6.07, 6.45) is -0.652. The van der Waals surface area contributed by atoms with Gasteiger partial charge in [-0.1, -0.05) is 52.3 Å². The van der Waals surface area contributed by atoms with E-state index in [2.05, 4.69) is 15.9 Å². The molecule has 0 aliphatic carbocycles. The molecule has 0 aliphatic rings. The lowest BCUT2D eigenvalue weighted by atomic mass is 9.96. The summed E-state index contributed by atoms with van der Waals surface area (Å²) in [6.45, 7) is 1.42. The maximum atomic E-state index is 10.7. The molecule has 21 heavy (non-hydrogen) atoms. The number of nitrogens with zero attached hydrogens (tertiary/aromatic N) is 1. The molecule has 2 aromatic rings. The highest BCUT2D eigenvalue weighted by Gasteiger charge is 2.15. The summed E-state index contributed by atoms with van der Waals surface area (Å²) in [5.74, 6) is 0. The van der Waals surface area contributed by atoms with Gasteiger partial charge in [-0.15, -0.1) is 0 Å². The molecule has 3 nitrogen and oxygen atoms in total. The number of hydrogen-bond acceptors (Lipinski definition) is 3. The van der Waals surface area contributed by atoms with Gasteiger partial charge in [0, 0.05) is 17.6 Å². The maximum absolute atomic E-state index is 10.7. The van der Waals surface area contributed by atoms with E-state index >= 15 is 0 Å². The molecule has 0 radical (unpaired) electrons. The summed E-state index contributed by atoms with van der Waals surface area (Å²) in [5.41, 5.74) is 2.83. The molecule has 0 aromatic heterocycles. The van der Waals surface area contributed by atoms with E-state index in [-0.39, 0.29) is 6.61 Å². The quantitative estimate of drug-likeness (QED) is 0.842. The third-order valence-electron chi connectivity index (χ3n) is 3.44. The lowest BCUT2D eigenvalue weighted by Crippen LogP contribution is -2.22. The van der Waals surface area contributed by atoms with Crippen LogP contribution < -0.4 is 0 Å². The highest BCUT2D eigenvalue weighted by molar-refractivity contribution is 9.10. The average Bonchev–Trinajstić information content (AvgIpc) is 2.49. The lowest BCUT2D eigenvalue weighted by Gasteiger charge is -2.21. The Hall–Kier alpha value is -1.20. The fraction of sp³-hybridized carbons (Fsp3) is 0.294. The molecule has 1 atom stereocenters. The second kappa shape index (κ2) is 7.71. The van der Waals surface area contributed by atoms with E-state index < -0.39 is 6.10 Å². The zero-order valence-corrected chi connectivity index (χ0v) is 13.6. The minimum Gasteiger partial charge on any atom is -0.395 e. The van der Waals surface area contributed by atoms with Crippen molar-refractivity contribution < 1.29 is 10.2 Å². The number of halogens is 1. The minimum absolute atomic E-state index is 0.129. The molecule has 0 saturated carbocycles. The molecule has 0 saturated heterocycles. The zero-order valence-electron chi connectivity index (χ0n) is 12.0. The highest BCUT2D eigenvalue weighted by atomic mass is 79.9. The van der Waals surface area contributed by atoms with E-state index in [1.165, 1.54) is 0 Å². The number of aliphatic hydroxyl groups excluding tert-OH is 2. The van der Waals surface area contributed by atoms with E-state index in [4.69, 9.17) is 5.11 Å². The molecule has 1 unspecified atom stereocenters. The third kappa shape index (κ3) is 4.38. The third-order valence-corrected chi connectivity index (χ3v) is 3.93.